The largest absolute Gasteiger partial charge is 0.493 e. The zero-order valence-corrected chi connectivity index (χ0v) is 17.2. The van der Waals surface area contributed by atoms with Crippen LogP contribution < -0.4 is 15.4 Å². The number of amides is 5. The third-order valence-corrected chi connectivity index (χ3v) is 6.12. The summed E-state index contributed by atoms with van der Waals surface area (Å²) in [5.74, 6) is -1.00. The molecule has 32 heavy (non-hydrogen) atoms. The molecule has 1 saturated heterocycles. The van der Waals surface area contributed by atoms with Crippen LogP contribution in [-0.4, -0.2) is 29.5 Å². The number of rotatable bonds is 2. The minimum Gasteiger partial charge on any atom is -0.493 e. The molecule has 2 aliphatic rings. The zero-order valence-electron chi connectivity index (χ0n) is 17.2. The Morgan fingerprint density at radius 1 is 1.16 bits per heavy atom. The van der Waals surface area contributed by atoms with Crippen molar-refractivity contribution in [2.75, 3.05) is 6.61 Å². The second kappa shape index (κ2) is 7.33. The molecule has 0 unspecified atom stereocenters. The lowest BCUT2D eigenvalue weighted by Crippen LogP contribution is -2.55. The first kappa shape index (κ1) is 20.0. The van der Waals surface area contributed by atoms with Crippen molar-refractivity contribution in [1.29, 1.82) is 0 Å². The van der Waals surface area contributed by atoms with Gasteiger partial charge in [0.2, 0.25) is 0 Å². The van der Waals surface area contributed by atoms with Crippen LogP contribution in [0.15, 0.2) is 60.7 Å². The van der Waals surface area contributed by atoms with E-state index in [2.05, 4.69) is 10.6 Å². The van der Waals surface area contributed by atoms with E-state index in [1.165, 1.54) is 12.1 Å². The smallest absolute Gasteiger partial charge is 0.333 e. The maximum Gasteiger partial charge on any atom is 0.333 e. The molecule has 5 rings (SSSR count). The van der Waals surface area contributed by atoms with Gasteiger partial charge in [-0.3, -0.25) is 10.1 Å². The van der Waals surface area contributed by atoms with Crippen LogP contribution in [0, 0.1) is 5.82 Å². The van der Waals surface area contributed by atoms with Crippen LogP contribution in [0.2, 0.25) is 0 Å². The Labute approximate surface area is 183 Å². The number of halogens is 1. The number of imide groups is 2. The molecular weight excluding hydrogens is 413 g/mol. The van der Waals surface area contributed by atoms with Crippen molar-refractivity contribution in [2.45, 2.75) is 24.9 Å². The van der Waals surface area contributed by atoms with Crippen LogP contribution in [0.5, 0.6) is 5.75 Å². The highest BCUT2D eigenvalue weighted by molar-refractivity contribution is 6.14. The first-order chi connectivity index (χ1) is 15.4. The van der Waals surface area contributed by atoms with Crippen LogP contribution in [0.3, 0.4) is 0 Å². The van der Waals surface area contributed by atoms with E-state index in [0.717, 1.165) is 27.3 Å². The van der Waals surface area contributed by atoms with Gasteiger partial charge in [0.15, 0.2) is 5.54 Å². The fourth-order valence-electron chi connectivity index (χ4n) is 4.62. The Morgan fingerprint density at radius 2 is 1.94 bits per heavy atom. The van der Waals surface area contributed by atoms with Crippen molar-refractivity contribution in [3.8, 4) is 5.75 Å². The lowest BCUT2D eigenvalue weighted by molar-refractivity contribution is -0.127. The third-order valence-electron chi connectivity index (χ3n) is 6.12. The maximum atomic E-state index is 14.1. The Kier molecular flexibility index (Phi) is 4.58. The number of urea groups is 2. The predicted octanol–water partition coefficient (Wildman–Crippen LogP) is 3.98. The summed E-state index contributed by atoms with van der Waals surface area (Å²) in [5, 5.41) is 7.05. The molecule has 1 spiro atoms. The summed E-state index contributed by atoms with van der Waals surface area (Å²) < 4.78 is 19.6. The number of fused-ring (bicyclic) bond motifs is 3. The quantitative estimate of drug-likeness (QED) is 0.599. The van der Waals surface area contributed by atoms with Crippen molar-refractivity contribution in [3.63, 3.8) is 0 Å². The maximum absolute atomic E-state index is 14.1. The van der Waals surface area contributed by atoms with Crippen molar-refractivity contribution in [3.05, 3.63) is 77.6 Å². The first-order valence-corrected chi connectivity index (χ1v) is 10.3. The van der Waals surface area contributed by atoms with Gasteiger partial charge in [-0.2, -0.15) is 0 Å². The van der Waals surface area contributed by atoms with Gasteiger partial charge in [0, 0.05) is 12.0 Å². The van der Waals surface area contributed by atoms with Crippen LogP contribution in [0.25, 0.3) is 10.8 Å². The molecule has 1 fully saturated rings. The summed E-state index contributed by atoms with van der Waals surface area (Å²) in [6, 6.07) is 15.2. The highest BCUT2D eigenvalue weighted by atomic mass is 19.1. The van der Waals surface area contributed by atoms with Gasteiger partial charge in [0.05, 0.1) is 12.6 Å². The van der Waals surface area contributed by atoms with E-state index >= 15 is 0 Å². The van der Waals surface area contributed by atoms with Gasteiger partial charge in [-0.25, -0.2) is 18.9 Å². The summed E-state index contributed by atoms with van der Waals surface area (Å²) in [4.78, 5) is 39.9. The predicted molar refractivity (Wildman–Crippen MR) is 114 cm³/mol. The lowest BCUT2D eigenvalue weighted by Gasteiger charge is -2.38. The van der Waals surface area contributed by atoms with Crippen LogP contribution in [0.1, 0.15) is 30.5 Å². The van der Waals surface area contributed by atoms with Gasteiger partial charge in [0.25, 0.3) is 5.91 Å². The number of carbonyl (C=O) groups is 3. The fourth-order valence-corrected chi connectivity index (χ4v) is 4.62. The van der Waals surface area contributed by atoms with E-state index in [1.54, 1.807) is 6.92 Å². The van der Waals surface area contributed by atoms with Gasteiger partial charge < -0.3 is 10.1 Å². The van der Waals surface area contributed by atoms with Crippen molar-refractivity contribution in [2.24, 2.45) is 0 Å². The number of benzene rings is 3. The standard InChI is InChI=1S/C24H20FN3O4/c1-14(17-8-4-6-15-5-2-3-7-18(15)17)26-22(30)28-23(31)27-21(29)24(28)11-12-32-20-10-9-16(25)13-19(20)24/h2-10,13-14H,11-12H2,1H3,(H,26,30)(H,27,29,31)/t14-,24+/m1/s1. The van der Waals surface area contributed by atoms with Crippen LogP contribution in [-0.2, 0) is 10.3 Å². The molecule has 8 heteroatoms. The summed E-state index contributed by atoms with van der Waals surface area (Å²) in [6.07, 6.45) is 0.0249. The minimum atomic E-state index is -1.67. The third kappa shape index (κ3) is 2.90. The molecule has 0 aliphatic carbocycles. The minimum absolute atomic E-state index is 0.0249. The second-order valence-corrected chi connectivity index (χ2v) is 7.93. The fraction of sp³-hybridized carbons (Fsp3) is 0.208. The van der Waals surface area contributed by atoms with E-state index in [1.807, 2.05) is 42.5 Å². The number of nitrogens with one attached hydrogen (secondary N) is 2. The molecular formula is C24H20FN3O4. The number of nitrogens with zero attached hydrogens (tertiary/aromatic N) is 1. The molecule has 2 N–H and O–H groups in total. The van der Waals surface area contributed by atoms with Gasteiger partial charge in [0.1, 0.15) is 11.6 Å². The van der Waals surface area contributed by atoms with E-state index < -0.39 is 35.4 Å². The summed E-state index contributed by atoms with van der Waals surface area (Å²) in [5.41, 5.74) is -0.648. The van der Waals surface area contributed by atoms with Crippen molar-refractivity contribution in [1.82, 2.24) is 15.5 Å². The molecule has 2 aliphatic heterocycles. The number of hydrogen-bond donors (Lipinski definition) is 2. The van der Waals surface area contributed by atoms with Gasteiger partial charge in [-0.1, -0.05) is 42.5 Å². The van der Waals surface area contributed by atoms with Crippen molar-refractivity contribution < 1.29 is 23.5 Å². The monoisotopic (exact) mass is 433 g/mol. The van der Waals surface area contributed by atoms with Gasteiger partial charge in [-0.15, -0.1) is 0 Å². The second-order valence-electron chi connectivity index (χ2n) is 7.93. The lowest BCUT2D eigenvalue weighted by atomic mass is 9.83. The number of hydrogen-bond acceptors (Lipinski definition) is 4. The SMILES string of the molecule is C[C@@H](NC(=O)N1C(=O)NC(=O)[C@@]12CCOc1ccc(F)cc12)c1cccc2ccccc12. The van der Waals surface area contributed by atoms with E-state index in [0.29, 0.717) is 0 Å². The summed E-state index contributed by atoms with van der Waals surface area (Å²) >= 11 is 0. The average Bonchev–Trinajstić information content (AvgIpc) is 3.03. The van der Waals surface area contributed by atoms with Crippen molar-refractivity contribution >= 4 is 28.7 Å². The Balaban J connectivity index is 1.52. The topological polar surface area (TPSA) is 87.7 Å². The molecule has 0 radical (unpaired) electrons. The molecule has 0 saturated carbocycles. The Bertz CT molecular complexity index is 1270. The zero-order chi connectivity index (χ0) is 22.5. The molecule has 2 atom stereocenters. The molecule has 7 nitrogen and oxygen atoms in total. The molecule has 3 aromatic carbocycles. The van der Waals surface area contributed by atoms with E-state index in [4.69, 9.17) is 4.74 Å². The molecule has 162 valence electrons. The normalized spacial score (nSPS) is 20.6. The molecule has 0 aromatic heterocycles. The van der Waals surface area contributed by atoms with E-state index in [9.17, 15) is 18.8 Å². The van der Waals surface area contributed by atoms with Crippen LogP contribution >= 0.6 is 0 Å². The van der Waals surface area contributed by atoms with Crippen LogP contribution in [0.4, 0.5) is 14.0 Å². The highest BCUT2D eigenvalue weighted by Gasteiger charge is 2.59. The number of carbonyl (C=O) groups excluding carboxylic acids is 3. The molecule has 2 heterocycles. The van der Waals surface area contributed by atoms with Gasteiger partial charge >= 0.3 is 12.1 Å². The summed E-state index contributed by atoms with van der Waals surface area (Å²) in [7, 11) is 0. The van der Waals surface area contributed by atoms with E-state index in [-0.39, 0.29) is 24.3 Å². The average molecular weight is 433 g/mol. The Morgan fingerprint density at radius 3 is 2.78 bits per heavy atom. The molecule has 3 aromatic rings. The molecule has 5 amide bonds. The number of ether oxygens (including phenoxy) is 1. The van der Waals surface area contributed by atoms with Gasteiger partial charge in [-0.05, 0) is 41.5 Å². The highest BCUT2D eigenvalue weighted by Crippen LogP contribution is 2.44. The molecule has 0 bridgehead atoms. The first-order valence-electron chi connectivity index (χ1n) is 10.3. The Hall–Kier alpha value is -3.94. The summed E-state index contributed by atoms with van der Waals surface area (Å²) in [6.45, 7) is 1.90.